The molecule has 1 amide bonds. The van der Waals surface area contributed by atoms with Gasteiger partial charge in [-0.2, -0.15) is 10.2 Å². The van der Waals surface area contributed by atoms with Crippen molar-refractivity contribution in [1.29, 1.82) is 0 Å². The van der Waals surface area contributed by atoms with Crippen LogP contribution >= 0.6 is 0 Å². The molecule has 3 atom stereocenters. The van der Waals surface area contributed by atoms with Crippen molar-refractivity contribution < 1.29 is 4.79 Å². The maximum Gasteiger partial charge on any atom is 0.268 e. The Hall–Kier alpha value is -1.75. The number of fused-ring (bicyclic) bond motifs is 2. The second kappa shape index (κ2) is 4.17. The first-order valence-corrected chi connectivity index (χ1v) is 6.19. The van der Waals surface area contributed by atoms with Crippen LogP contribution in [0, 0.1) is 0 Å². The summed E-state index contributed by atoms with van der Waals surface area (Å²) in [5, 5.41) is 9.88. The Morgan fingerprint density at radius 3 is 2.94 bits per heavy atom. The molecule has 5 heteroatoms. The van der Waals surface area contributed by atoms with Gasteiger partial charge < -0.3 is 0 Å². The molecule has 1 N–H and O–H groups in total. The fraction of sp³-hybridized carbons (Fsp3) is 0.462. The van der Waals surface area contributed by atoms with Crippen molar-refractivity contribution in [2.24, 2.45) is 10.2 Å². The normalized spacial score (nSPS) is 30.7. The molecular formula is C13H16N4O. The highest BCUT2D eigenvalue weighted by atomic mass is 16.2. The molecule has 0 radical (unpaired) electrons. The molecule has 1 saturated heterocycles. The van der Waals surface area contributed by atoms with Crippen LogP contribution in [0.15, 0.2) is 34.5 Å². The first-order valence-electron chi connectivity index (χ1n) is 6.19. The van der Waals surface area contributed by atoms with E-state index < -0.39 is 0 Å². The second-order valence-corrected chi connectivity index (χ2v) is 4.83. The predicted molar refractivity (Wildman–Crippen MR) is 67.3 cm³/mol. The van der Waals surface area contributed by atoms with Gasteiger partial charge in [-0.25, -0.2) is 5.43 Å². The van der Waals surface area contributed by atoms with Gasteiger partial charge in [0, 0.05) is 18.7 Å². The molecule has 0 bridgehead atoms. The average Bonchev–Trinajstić information content (AvgIpc) is 2.68. The van der Waals surface area contributed by atoms with Crippen LogP contribution < -0.4 is 5.43 Å². The van der Waals surface area contributed by atoms with Crippen molar-refractivity contribution in [2.75, 3.05) is 7.05 Å². The van der Waals surface area contributed by atoms with Gasteiger partial charge in [-0.05, 0) is 25.0 Å². The van der Waals surface area contributed by atoms with Gasteiger partial charge in [-0.15, -0.1) is 0 Å². The zero-order valence-electron chi connectivity index (χ0n) is 10.5. The third kappa shape index (κ3) is 1.54. The Morgan fingerprint density at radius 2 is 2.17 bits per heavy atom. The summed E-state index contributed by atoms with van der Waals surface area (Å²) in [6, 6.07) is 8.03. The molecule has 3 unspecified atom stereocenters. The summed E-state index contributed by atoms with van der Waals surface area (Å²) in [5.41, 5.74) is 5.11. The molecule has 5 nitrogen and oxygen atoms in total. The molecule has 1 fully saturated rings. The highest BCUT2D eigenvalue weighted by Gasteiger charge is 2.45. The first kappa shape index (κ1) is 11.3. The third-order valence-corrected chi connectivity index (χ3v) is 3.73. The van der Waals surface area contributed by atoms with Crippen molar-refractivity contribution in [3.05, 3.63) is 35.4 Å². The molecule has 0 aromatic heterocycles. The third-order valence-electron chi connectivity index (χ3n) is 3.73. The lowest BCUT2D eigenvalue weighted by molar-refractivity contribution is 0.0610. The van der Waals surface area contributed by atoms with Crippen molar-refractivity contribution in [1.82, 2.24) is 10.4 Å². The zero-order chi connectivity index (χ0) is 12.7. The Labute approximate surface area is 106 Å². The number of carbonyl (C=O) groups excluding carboxylic acids is 1. The average molecular weight is 244 g/mol. The van der Waals surface area contributed by atoms with Crippen molar-refractivity contribution in [2.45, 2.75) is 31.5 Å². The summed E-state index contributed by atoms with van der Waals surface area (Å²) in [7, 11) is 1.67. The van der Waals surface area contributed by atoms with Crippen LogP contribution in [0.1, 0.15) is 22.8 Å². The maximum absolute atomic E-state index is 12.4. The van der Waals surface area contributed by atoms with Gasteiger partial charge in [-0.3, -0.25) is 9.80 Å². The standard InChI is InChI=1S/C13H16N4O/c1-8-12(15-14-2)11-7-9-5-3-4-6-10(9)13(18)17(11)16-8/h3-6,8,11-12,16H,7H2,1-2H3. The Morgan fingerprint density at radius 1 is 1.39 bits per heavy atom. The molecule has 2 heterocycles. The number of hydrogen-bond donors (Lipinski definition) is 1. The SMILES string of the molecule is CN=NC1C(C)NN2C(=O)c3ccccc3CC12. The van der Waals surface area contributed by atoms with E-state index in [1.807, 2.05) is 31.2 Å². The Balaban J connectivity index is 2.00. The van der Waals surface area contributed by atoms with E-state index in [9.17, 15) is 4.79 Å². The monoisotopic (exact) mass is 244 g/mol. The summed E-state index contributed by atoms with van der Waals surface area (Å²) in [6.07, 6.45) is 0.836. The van der Waals surface area contributed by atoms with Crippen molar-refractivity contribution in [3.8, 4) is 0 Å². The van der Waals surface area contributed by atoms with Crippen LogP contribution in [0.2, 0.25) is 0 Å². The topological polar surface area (TPSA) is 57.1 Å². The van der Waals surface area contributed by atoms with E-state index in [0.29, 0.717) is 0 Å². The van der Waals surface area contributed by atoms with Crippen LogP contribution in [0.4, 0.5) is 0 Å². The Bertz CT molecular complexity index is 513. The zero-order valence-corrected chi connectivity index (χ0v) is 10.5. The molecule has 2 aliphatic heterocycles. The summed E-state index contributed by atoms with van der Waals surface area (Å²) >= 11 is 0. The minimum absolute atomic E-state index is 0.0345. The number of nitrogens with one attached hydrogen (secondary N) is 1. The molecular weight excluding hydrogens is 228 g/mol. The molecule has 18 heavy (non-hydrogen) atoms. The highest BCUT2D eigenvalue weighted by molar-refractivity contribution is 5.97. The van der Waals surface area contributed by atoms with Crippen LogP contribution in [0.25, 0.3) is 0 Å². The number of benzene rings is 1. The number of nitrogens with zero attached hydrogens (tertiary/aromatic N) is 3. The van der Waals surface area contributed by atoms with E-state index in [1.54, 1.807) is 12.1 Å². The minimum Gasteiger partial charge on any atom is -0.268 e. The van der Waals surface area contributed by atoms with E-state index in [4.69, 9.17) is 0 Å². The first-order chi connectivity index (χ1) is 8.72. The van der Waals surface area contributed by atoms with E-state index in [-0.39, 0.29) is 24.0 Å². The highest BCUT2D eigenvalue weighted by Crippen LogP contribution is 2.30. The van der Waals surface area contributed by atoms with Crippen LogP contribution in [-0.2, 0) is 6.42 Å². The molecule has 1 aromatic carbocycles. The molecule has 0 saturated carbocycles. The Kier molecular flexibility index (Phi) is 2.63. The van der Waals surface area contributed by atoms with Crippen LogP contribution in [0.3, 0.4) is 0 Å². The maximum atomic E-state index is 12.4. The van der Waals surface area contributed by atoms with E-state index >= 15 is 0 Å². The predicted octanol–water partition coefficient (Wildman–Crippen LogP) is 1.41. The minimum atomic E-state index is 0.0345. The van der Waals surface area contributed by atoms with E-state index in [2.05, 4.69) is 15.7 Å². The van der Waals surface area contributed by atoms with Crippen molar-refractivity contribution >= 4 is 5.91 Å². The summed E-state index contributed by atoms with van der Waals surface area (Å²) in [5.74, 6) is 0.0440. The summed E-state index contributed by atoms with van der Waals surface area (Å²) in [6.45, 7) is 2.04. The van der Waals surface area contributed by atoms with E-state index in [0.717, 1.165) is 17.5 Å². The van der Waals surface area contributed by atoms with Crippen LogP contribution in [0.5, 0.6) is 0 Å². The van der Waals surface area contributed by atoms with Gasteiger partial charge in [0.1, 0.15) is 6.04 Å². The van der Waals surface area contributed by atoms with Gasteiger partial charge in [0.05, 0.1) is 6.04 Å². The number of azo groups is 1. The number of hydrazine groups is 1. The van der Waals surface area contributed by atoms with Gasteiger partial charge in [0.15, 0.2) is 0 Å². The van der Waals surface area contributed by atoms with Gasteiger partial charge in [-0.1, -0.05) is 18.2 Å². The summed E-state index contributed by atoms with van der Waals surface area (Å²) < 4.78 is 0. The number of carbonyl (C=O) groups is 1. The molecule has 2 aliphatic rings. The van der Waals surface area contributed by atoms with Gasteiger partial charge in [0.2, 0.25) is 0 Å². The van der Waals surface area contributed by atoms with Crippen molar-refractivity contribution in [3.63, 3.8) is 0 Å². The fourth-order valence-corrected chi connectivity index (χ4v) is 2.87. The number of rotatable bonds is 1. The largest absolute Gasteiger partial charge is 0.268 e. The lowest BCUT2D eigenvalue weighted by atomic mass is 9.91. The number of amides is 1. The lowest BCUT2D eigenvalue weighted by Crippen LogP contribution is -2.48. The smallest absolute Gasteiger partial charge is 0.268 e. The fourth-order valence-electron chi connectivity index (χ4n) is 2.87. The summed E-state index contributed by atoms with van der Waals surface area (Å²) in [4.78, 5) is 12.4. The molecule has 3 rings (SSSR count). The lowest BCUT2D eigenvalue weighted by Gasteiger charge is -2.31. The second-order valence-electron chi connectivity index (χ2n) is 4.83. The number of hydrogen-bond acceptors (Lipinski definition) is 4. The quantitative estimate of drug-likeness (QED) is 0.759. The van der Waals surface area contributed by atoms with Gasteiger partial charge >= 0.3 is 0 Å². The molecule has 1 aromatic rings. The van der Waals surface area contributed by atoms with E-state index in [1.165, 1.54) is 0 Å². The van der Waals surface area contributed by atoms with Crippen LogP contribution in [-0.4, -0.2) is 36.1 Å². The van der Waals surface area contributed by atoms with Gasteiger partial charge in [0.25, 0.3) is 5.91 Å². The molecule has 0 aliphatic carbocycles. The molecule has 94 valence electrons. The molecule has 0 spiro atoms.